The number of thioether (sulfide) groups is 1. The number of carbonyl (C=O) groups is 1. The van der Waals surface area contributed by atoms with Gasteiger partial charge in [0.1, 0.15) is 10.6 Å². The molecular formula is C19H18ClN3O4S2. The highest BCUT2D eigenvalue weighted by atomic mass is 35.5. The molecule has 0 aromatic heterocycles. The maximum atomic E-state index is 12.4. The Morgan fingerprint density at radius 1 is 1.21 bits per heavy atom. The Hall–Kier alpha value is -2.36. The van der Waals surface area contributed by atoms with Crippen LogP contribution in [0, 0.1) is 5.92 Å². The first-order valence-electron chi connectivity index (χ1n) is 8.63. The highest BCUT2D eigenvalue weighted by Crippen LogP contribution is 2.26. The Morgan fingerprint density at radius 2 is 1.93 bits per heavy atom. The van der Waals surface area contributed by atoms with E-state index in [4.69, 9.17) is 15.8 Å². The molecule has 3 rings (SSSR count). The van der Waals surface area contributed by atoms with Crippen LogP contribution >= 0.6 is 23.4 Å². The maximum Gasteiger partial charge on any atom is 0.339 e. The largest absolute Gasteiger partial charge is 0.379 e. The predicted molar refractivity (Wildman–Crippen MR) is 115 cm³/mol. The molecule has 2 aromatic carbocycles. The minimum atomic E-state index is -3.98. The Morgan fingerprint density at radius 3 is 2.59 bits per heavy atom. The molecule has 1 atom stereocenters. The van der Waals surface area contributed by atoms with E-state index in [1.807, 2.05) is 13.8 Å². The van der Waals surface area contributed by atoms with Gasteiger partial charge in [-0.15, -0.1) is 5.10 Å². The van der Waals surface area contributed by atoms with E-state index in [0.717, 1.165) is 0 Å². The topological polar surface area (TPSA) is 97.2 Å². The van der Waals surface area contributed by atoms with Gasteiger partial charge in [0.2, 0.25) is 5.91 Å². The van der Waals surface area contributed by atoms with E-state index in [1.54, 1.807) is 12.1 Å². The summed E-state index contributed by atoms with van der Waals surface area (Å²) in [6.45, 7) is 3.93. The van der Waals surface area contributed by atoms with Crippen molar-refractivity contribution in [3.05, 3.63) is 59.1 Å². The van der Waals surface area contributed by atoms with Crippen LogP contribution in [0.1, 0.15) is 19.4 Å². The zero-order chi connectivity index (χ0) is 21.0. The van der Waals surface area contributed by atoms with Crippen LogP contribution in [0.25, 0.3) is 0 Å². The van der Waals surface area contributed by atoms with Crippen LogP contribution < -0.4 is 9.50 Å². The minimum Gasteiger partial charge on any atom is -0.379 e. The summed E-state index contributed by atoms with van der Waals surface area (Å²) >= 11 is 7.12. The van der Waals surface area contributed by atoms with Crippen LogP contribution in [-0.4, -0.2) is 31.0 Å². The predicted octanol–water partition coefficient (Wildman–Crippen LogP) is 3.69. The Bertz CT molecular complexity index is 1070. The lowest BCUT2D eigenvalue weighted by molar-refractivity contribution is -0.119. The molecule has 0 saturated carbocycles. The van der Waals surface area contributed by atoms with Crippen molar-refractivity contribution in [1.29, 1.82) is 0 Å². The zero-order valence-electron chi connectivity index (χ0n) is 15.6. The van der Waals surface area contributed by atoms with E-state index >= 15 is 0 Å². The molecule has 0 radical (unpaired) electrons. The molecule has 1 aliphatic heterocycles. The van der Waals surface area contributed by atoms with Gasteiger partial charge in [-0.25, -0.2) is 0 Å². The van der Waals surface area contributed by atoms with Gasteiger partial charge in [0.25, 0.3) is 0 Å². The van der Waals surface area contributed by atoms with Crippen molar-refractivity contribution in [3.63, 3.8) is 0 Å². The molecule has 1 amide bonds. The molecular weight excluding hydrogens is 434 g/mol. The first-order chi connectivity index (χ1) is 13.7. The lowest BCUT2D eigenvalue weighted by atomic mass is 10.1. The van der Waals surface area contributed by atoms with E-state index in [0.29, 0.717) is 15.8 Å². The van der Waals surface area contributed by atoms with E-state index in [1.165, 1.54) is 54.4 Å². The smallest absolute Gasteiger partial charge is 0.339 e. The third-order valence-corrected chi connectivity index (χ3v) is 6.79. The maximum absolute atomic E-state index is 12.4. The molecule has 7 nitrogen and oxygen atoms in total. The number of halogens is 1. The summed E-state index contributed by atoms with van der Waals surface area (Å²) in [6.07, 6.45) is 1.45. The van der Waals surface area contributed by atoms with Gasteiger partial charge in [0.05, 0.1) is 11.5 Å². The van der Waals surface area contributed by atoms with E-state index < -0.39 is 10.1 Å². The van der Waals surface area contributed by atoms with Crippen molar-refractivity contribution in [1.82, 2.24) is 5.32 Å². The number of nitrogens with one attached hydrogen (secondary N) is 1. The van der Waals surface area contributed by atoms with Crippen LogP contribution in [-0.2, 0) is 14.9 Å². The van der Waals surface area contributed by atoms with Gasteiger partial charge >= 0.3 is 10.1 Å². The van der Waals surface area contributed by atoms with Crippen molar-refractivity contribution in [3.8, 4) is 5.75 Å². The molecule has 1 saturated heterocycles. The van der Waals surface area contributed by atoms with Crippen molar-refractivity contribution >= 4 is 50.8 Å². The molecule has 1 aliphatic rings. The van der Waals surface area contributed by atoms with Gasteiger partial charge in [0.15, 0.2) is 5.17 Å². The molecule has 0 bridgehead atoms. The average Bonchev–Trinajstić information content (AvgIpc) is 3.03. The lowest BCUT2D eigenvalue weighted by Gasteiger charge is -2.07. The Balaban J connectivity index is 1.70. The van der Waals surface area contributed by atoms with E-state index in [2.05, 4.69) is 15.5 Å². The zero-order valence-corrected chi connectivity index (χ0v) is 18.0. The Kier molecular flexibility index (Phi) is 6.61. The second-order valence-corrected chi connectivity index (χ2v) is 9.60. The lowest BCUT2D eigenvalue weighted by Crippen LogP contribution is -2.27. The average molecular weight is 452 g/mol. The van der Waals surface area contributed by atoms with Crippen molar-refractivity contribution in [2.24, 2.45) is 16.1 Å². The summed E-state index contributed by atoms with van der Waals surface area (Å²) in [5.74, 6) is 0.245. The number of hydrogen-bond donors (Lipinski definition) is 1. The number of amides is 1. The number of carbonyl (C=O) groups excluding carboxylic acids is 1. The van der Waals surface area contributed by atoms with E-state index in [9.17, 15) is 13.2 Å². The number of hydrogen-bond acceptors (Lipinski definition) is 7. The fourth-order valence-corrected chi connectivity index (χ4v) is 4.42. The summed E-state index contributed by atoms with van der Waals surface area (Å²) in [5, 5.41) is 11.3. The minimum absolute atomic E-state index is 0.000997. The second kappa shape index (κ2) is 8.98. The highest BCUT2D eigenvalue weighted by Gasteiger charge is 2.32. The summed E-state index contributed by atoms with van der Waals surface area (Å²) in [6, 6.07) is 12.1. The summed E-state index contributed by atoms with van der Waals surface area (Å²) in [4.78, 5) is 11.8. The Labute approximate surface area is 178 Å². The highest BCUT2D eigenvalue weighted by molar-refractivity contribution is 8.15. The van der Waals surface area contributed by atoms with Crippen molar-refractivity contribution in [2.45, 2.75) is 24.0 Å². The molecule has 152 valence electrons. The van der Waals surface area contributed by atoms with Crippen LogP contribution in [0.4, 0.5) is 0 Å². The van der Waals surface area contributed by atoms with Crippen LogP contribution in [0.2, 0.25) is 5.02 Å². The summed E-state index contributed by atoms with van der Waals surface area (Å²) in [5.41, 5.74) is 0.591. The fourth-order valence-electron chi connectivity index (χ4n) is 2.44. The quantitative estimate of drug-likeness (QED) is 0.410. The number of nitrogens with zero attached hydrogens (tertiary/aromatic N) is 2. The molecule has 0 spiro atoms. The third-order valence-electron chi connectivity index (χ3n) is 3.85. The monoisotopic (exact) mass is 451 g/mol. The summed E-state index contributed by atoms with van der Waals surface area (Å²) in [7, 11) is -3.98. The van der Waals surface area contributed by atoms with Crippen LogP contribution in [0.15, 0.2) is 63.6 Å². The molecule has 1 unspecified atom stereocenters. The molecule has 29 heavy (non-hydrogen) atoms. The van der Waals surface area contributed by atoms with Gasteiger partial charge in [-0.3, -0.25) is 4.79 Å². The molecule has 1 fully saturated rings. The van der Waals surface area contributed by atoms with Gasteiger partial charge in [0, 0.05) is 5.02 Å². The molecule has 1 N–H and O–H groups in total. The molecule has 2 aromatic rings. The first-order valence-corrected chi connectivity index (χ1v) is 11.3. The standard InChI is InChI=1S/C19H18ClN3O4S2/c1-12(2)17-18(24)22-19(28-17)23-21-11-13-4-3-5-15(10-13)27-29(25,26)16-8-6-14(20)7-9-16/h3-12,17H,1-2H3,(H,22,23,24). The van der Waals surface area contributed by atoms with E-state index in [-0.39, 0.29) is 27.7 Å². The number of rotatable bonds is 6. The van der Waals surface area contributed by atoms with Gasteiger partial charge in [-0.1, -0.05) is 49.3 Å². The number of amidine groups is 1. The SMILES string of the molecule is CC(C)C1S/C(=N/N=Cc2cccc(OS(=O)(=O)c3ccc(Cl)cc3)c2)NC1=O. The second-order valence-electron chi connectivity index (χ2n) is 6.49. The third kappa shape index (κ3) is 5.59. The van der Waals surface area contributed by atoms with Crippen molar-refractivity contribution in [2.75, 3.05) is 0 Å². The number of benzene rings is 2. The normalized spacial score (nSPS) is 18.6. The molecule has 0 aliphatic carbocycles. The van der Waals surface area contributed by atoms with Crippen molar-refractivity contribution < 1.29 is 17.4 Å². The fraction of sp³-hybridized carbons (Fsp3) is 0.211. The van der Waals surface area contributed by atoms with Crippen LogP contribution in [0.5, 0.6) is 5.75 Å². The summed E-state index contributed by atoms with van der Waals surface area (Å²) < 4.78 is 29.9. The first kappa shape index (κ1) is 21.4. The molecule has 10 heteroatoms. The van der Waals surface area contributed by atoms with Crippen LogP contribution in [0.3, 0.4) is 0 Å². The van der Waals surface area contributed by atoms with Gasteiger partial charge in [-0.2, -0.15) is 13.5 Å². The molecule has 1 heterocycles. The van der Waals surface area contributed by atoms with Gasteiger partial charge < -0.3 is 9.50 Å². The van der Waals surface area contributed by atoms with Gasteiger partial charge in [-0.05, 0) is 47.9 Å².